The van der Waals surface area contributed by atoms with E-state index in [0.717, 1.165) is 5.56 Å². The molecule has 1 N–H and O–H groups in total. The van der Waals surface area contributed by atoms with Crippen LogP contribution in [0.25, 0.3) is 0 Å². The summed E-state index contributed by atoms with van der Waals surface area (Å²) in [6.07, 6.45) is 1.50. The predicted octanol–water partition coefficient (Wildman–Crippen LogP) is 1.38. The van der Waals surface area contributed by atoms with Crippen molar-refractivity contribution in [1.29, 1.82) is 0 Å². The average Bonchev–Trinajstić information content (AvgIpc) is 2.67. The Morgan fingerprint density at radius 1 is 1.38 bits per heavy atom. The van der Waals surface area contributed by atoms with Gasteiger partial charge in [-0.15, -0.1) is 5.10 Å². The topological polar surface area (TPSA) is 53.8 Å². The lowest BCUT2D eigenvalue weighted by atomic mass is 10.2. The minimum atomic E-state index is -0.290. The first-order valence-corrected chi connectivity index (χ1v) is 5.52. The second-order valence-electron chi connectivity index (χ2n) is 3.04. The smallest absolute Gasteiger partial charge is 0.236 e. The molecule has 1 heterocycles. The van der Waals surface area contributed by atoms with E-state index in [9.17, 15) is 9.18 Å². The highest BCUT2D eigenvalue weighted by Crippen LogP contribution is 2.08. The van der Waals surface area contributed by atoms with Crippen LogP contribution in [0.5, 0.6) is 0 Å². The molecule has 0 saturated carbocycles. The number of nitrogens with zero attached hydrogens (tertiary/aromatic N) is 2. The molecule has 0 atom stereocenters. The zero-order valence-electron chi connectivity index (χ0n) is 8.18. The Morgan fingerprint density at radius 2 is 2.12 bits per heavy atom. The van der Waals surface area contributed by atoms with Crippen molar-refractivity contribution >= 4 is 29.1 Å². The molecule has 0 unspecified atom stereocenters. The van der Waals surface area contributed by atoms with Crippen LogP contribution in [0.3, 0.4) is 0 Å². The number of rotatable bonds is 2. The van der Waals surface area contributed by atoms with E-state index in [-0.39, 0.29) is 11.7 Å². The molecule has 0 aliphatic carbocycles. The average molecular weight is 237 g/mol. The second-order valence-corrected chi connectivity index (χ2v) is 4.00. The van der Waals surface area contributed by atoms with Gasteiger partial charge in [0.25, 0.3) is 0 Å². The van der Waals surface area contributed by atoms with Gasteiger partial charge in [0.1, 0.15) is 5.82 Å². The minimum Gasteiger partial charge on any atom is -0.303 e. The number of hydrogen-bond acceptors (Lipinski definition) is 4. The quantitative estimate of drug-likeness (QED) is 0.624. The van der Waals surface area contributed by atoms with E-state index in [4.69, 9.17) is 0 Å². The van der Waals surface area contributed by atoms with Gasteiger partial charge in [-0.2, -0.15) is 5.10 Å². The Labute approximate surface area is 95.6 Å². The molecule has 1 fully saturated rings. The number of carbonyl (C=O) groups excluding carboxylic acids is 1. The lowest BCUT2D eigenvalue weighted by molar-refractivity contribution is -0.116. The SMILES string of the molecule is O=C1CS/C(=N/N=C/c2ccc(F)cc2)N1. The Bertz CT molecular complexity index is 456. The largest absolute Gasteiger partial charge is 0.303 e. The molecule has 1 aliphatic rings. The number of benzene rings is 1. The maximum atomic E-state index is 12.6. The molecule has 82 valence electrons. The standard InChI is InChI=1S/C10H8FN3OS/c11-8-3-1-7(2-4-8)5-12-14-10-13-9(15)6-16-10/h1-5H,6H2,(H,13,14,15)/b12-5+. The van der Waals surface area contributed by atoms with Crippen LogP contribution in [-0.2, 0) is 4.79 Å². The Hall–Kier alpha value is -1.69. The molecule has 16 heavy (non-hydrogen) atoms. The minimum absolute atomic E-state index is 0.0688. The number of nitrogens with one attached hydrogen (secondary N) is 1. The molecular formula is C10H8FN3OS. The first-order chi connectivity index (χ1) is 7.74. The van der Waals surface area contributed by atoms with Crippen molar-refractivity contribution < 1.29 is 9.18 Å². The van der Waals surface area contributed by atoms with Gasteiger partial charge in [0.2, 0.25) is 5.91 Å². The molecule has 4 nitrogen and oxygen atoms in total. The highest BCUT2D eigenvalue weighted by atomic mass is 32.2. The predicted molar refractivity (Wildman–Crippen MR) is 62.0 cm³/mol. The van der Waals surface area contributed by atoms with Gasteiger partial charge < -0.3 is 5.32 Å². The van der Waals surface area contributed by atoms with E-state index in [0.29, 0.717) is 10.9 Å². The van der Waals surface area contributed by atoms with Gasteiger partial charge in [-0.3, -0.25) is 4.79 Å². The third-order valence-corrected chi connectivity index (χ3v) is 2.68. The maximum absolute atomic E-state index is 12.6. The zero-order valence-corrected chi connectivity index (χ0v) is 9.00. The van der Waals surface area contributed by atoms with E-state index in [2.05, 4.69) is 15.5 Å². The lowest BCUT2D eigenvalue weighted by Gasteiger charge is -1.91. The molecule has 1 aromatic rings. The molecule has 0 aromatic heterocycles. The fourth-order valence-corrected chi connectivity index (χ4v) is 1.71. The van der Waals surface area contributed by atoms with E-state index in [1.54, 1.807) is 12.1 Å². The molecule has 1 saturated heterocycles. The third kappa shape index (κ3) is 2.90. The third-order valence-electron chi connectivity index (χ3n) is 1.81. The second kappa shape index (κ2) is 4.89. The van der Waals surface area contributed by atoms with Crippen LogP contribution in [0.2, 0.25) is 0 Å². The molecule has 0 spiro atoms. The van der Waals surface area contributed by atoms with Crippen molar-refractivity contribution in [2.24, 2.45) is 10.2 Å². The van der Waals surface area contributed by atoms with E-state index in [1.165, 1.54) is 30.1 Å². The van der Waals surface area contributed by atoms with Crippen LogP contribution in [-0.4, -0.2) is 23.0 Å². The van der Waals surface area contributed by atoms with Crippen molar-refractivity contribution in [1.82, 2.24) is 5.32 Å². The van der Waals surface area contributed by atoms with Gasteiger partial charge in [0.05, 0.1) is 12.0 Å². The van der Waals surface area contributed by atoms with E-state index in [1.807, 2.05) is 0 Å². The summed E-state index contributed by atoms with van der Waals surface area (Å²) in [5.41, 5.74) is 0.750. The van der Waals surface area contributed by atoms with Crippen LogP contribution in [0.15, 0.2) is 34.5 Å². The van der Waals surface area contributed by atoms with Gasteiger partial charge >= 0.3 is 0 Å². The Kier molecular flexibility index (Phi) is 3.31. The summed E-state index contributed by atoms with van der Waals surface area (Å²) in [7, 11) is 0. The summed E-state index contributed by atoms with van der Waals surface area (Å²) < 4.78 is 12.6. The normalized spacial score (nSPS) is 18.3. The van der Waals surface area contributed by atoms with Gasteiger partial charge in [0.15, 0.2) is 5.17 Å². The molecule has 0 bridgehead atoms. The molecule has 1 aromatic carbocycles. The molecule has 0 radical (unpaired) electrons. The lowest BCUT2D eigenvalue weighted by Crippen LogP contribution is -2.19. The van der Waals surface area contributed by atoms with Crippen LogP contribution in [0.4, 0.5) is 4.39 Å². The van der Waals surface area contributed by atoms with Gasteiger partial charge in [-0.25, -0.2) is 4.39 Å². The first kappa shape index (κ1) is 10.8. The van der Waals surface area contributed by atoms with Gasteiger partial charge in [-0.1, -0.05) is 23.9 Å². The number of carbonyl (C=O) groups is 1. The Morgan fingerprint density at radius 3 is 2.75 bits per heavy atom. The molecule has 2 rings (SSSR count). The van der Waals surface area contributed by atoms with Crippen molar-refractivity contribution in [2.45, 2.75) is 0 Å². The van der Waals surface area contributed by atoms with Gasteiger partial charge in [-0.05, 0) is 17.7 Å². The van der Waals surface area contributed by atoms with Crippen molar-refractivity contribution in [3.63, 3.8) is 0 Å². The number of halogens is 1. The highest BCUT2D eigenvalue weighted by molar-refractivity contribution is 8.15. The molecular weight excluding hydrogens is 229 g/mol. The monoisotopic (exact) mass is 237 g/mol. The van der Waals surface area contributed by atoms with Crippen LogP contribution < -0.4 is 5.32 Å². The maximum Gasteiger partial charge on any atom is 0.236 e. The van der Waals surface area contributed by atoms with Gasteiger partial charge in [0, 0.05) is 0 Å². The summed E-state index contributed by atoms with van der Waals surface area (Å²) in [5.74, 6) is 0.0214. The zero-order chi connectivity index (χ0) is 11.4. The molecule has 6 heteroatoms. The van der Waals surface area contributed by atoms with Crippen molar-refractivity contribution in [2.75, 3.05) is 5.75 Å². The molecule has 1 aliphatic heterocycles. The summed E-state index contributed by atoms with van der Waals surface area (Å²) in [5, 5.41) is 10.6. The van der Waals surface area contributed by atoms with E-state index < -0.39 is 0 Å². The number of hydrogen-bond donors (Lipinski definition) is 1. The summed E-state index contributed by atoms with van der Waals surface area (Å²) in [6.45, 7) is 0. The number of thioether (sulfide) groups is 1. The molecule has 1 amide bonds. The van der Waals surface area contributed by atoms with Crippen LogP contribution in [0, 0.1) is 5.82 Å². The summed E-state index contributed by atoms with van der Waals surface area (Å²) in [4.78, 5) is 10.8. The summed E-state index contributed by atoms with van der Waals surface area (Å²) >= 11 is 1.30. The first-order valence-electron chi connectivity index (χ1n) is 4.53. The van der Waals surface area contributed by atoms with Crippen LogP contribution >= 0.6 is 11.8 Å². The fourth-order valence-electron chi connectivity index (χ4n) is 1.08. The fraction of sp³-hybridized carbons (Fsp3) is 0.100. The Balaban J connectivity index is 1.99. The highest BCUT2D eigenvalue weighted by Gasteiger charge is 2.15. The number of amidine groups is 1. The van der Waals surface area contributed by atoms with Crippen molar-refractivity contribution in [3.05, 3.63) is 35.6 Å². The summed E-state index contributed by atoms with van der Waals surface area (Å²) in [6, 6.07) is 5.89. The van der Waals surface area contributed by atoms with E-state index >= 15 is 0 Å². The van der Waals surface area contributed by atoms with Crippen LogP contribution in [0.1, 0.15) is 5.56 Å². The number of amides is 1. The van der Waals surface area contributed by atoms with Crippen molar-refractivity contribution in [3.8, 4) is 0 Å².